The number of aryl methyl sites for hydroxylation is 1. The number of esters is 1. The normalized spacial score (nSPS) is 16.6. The lowest BCUT2D eigenvalue weighted by Crippen LogP contribution is -2.25. The van der Waals surface area contributed by atoms with E-state index in [9.17, 15) is 9.59 Å². The van der Waals surface area contributed by atoms with Gasteiger partial charge in [0.1, 0.15) is 5.75 Å². The third-order valence-electron chi connectivity index (χ3n) is 4.62. The summed E-state index contributed by atoms with van der Waals surface area (Å²) in [5.41, 5.74) is 2.69. The summed E-state index contributed by atoms with van der Waals surface area (Å²) in [6.07, 6.45) is 1.47. The Hall–Kier alpha value is -2.82. The van der Waals surface area contributed by atoms with Crippen molar-refractivity contribution in [3.05, 3.63) is 59.7 Å². The summed E-state index contributed by atoms with van der Waals surface area (Å²) in [6.45, 7) is 3.23. The lowest BCUT2D eigenvalue weighted by atomic mass is 10.1. The summed E-state index contributed by atoms with van der Waals surface area (Å²) in [5, 5.41) is 0. The van der Waals surface area contributed by atoms with Crippen LogP contribution in [-0.4, -0.2) is 32.1 Å². The van der Waals surface area contributed by atoms with Crippen LogP contribution in [0.15, 0.2) is 48.5 Å². The van der Waals surface area contributed by atoms with E-state index >= 15 is 0 Å². The van der Waals surface area contributed by atoms with Gasteiger partial charge >= 0.3 is 5.97 Å². The van der Waals surface area contributed by atoms with Crippen LogP contribution in [0, 0.1) is 5.92 Å². The van der Waals surface area contributed by atoms with Crippen LogP contribution >= 0.6 is 0 Å². The zero-order chi connectivity index (χ0) is 18.5. The zero-order valence-electron chi connectivity index (χ0n) is 15.1. The molecule has 1 saturated heterocycles. The molecule has 5 heteroatoms. The molecule has 1 amide bonds. The lowest BCUT2D eigenvalue weighted by molar-refractivity contribution is -0.117. The van der Waals surface area contributed by atoms with Gasteiger partial charge in [0.25, 0.3) is 0 Å². The van der Waals surface area contributed by atoms with E-state index in [0.717, 1.165) is 12.1 Å². The van der Waals surface area contributed by atoms with Crippen molar-refractivity contribution >= 4 is 17.6 Å². The van der Waals surface area contributed by atoms with Crippen LogP contribution in [0.5, 0.6) is 5.75 Å². The van der Waals surface area contributed by atoms with E-state index in [1.54, 1.807) is 24.3 Å². The number of carbonyl (C=O) groups is 2. The molecule has 1 aliphatic rings. The Morgan fingerprint density at radius 2 is 1.81 bits per heavy atom. The van der Waals surface area contributed by atoms with Crippen molar-refractivity contribution in [1.29, 1.82) is 0 Å². The fourth-order valence-corrected chi connectivity index (χ4v) is 3.07. The molecule has 26 heavy (non-hydrogen) atoms. The summed E-state index contributed by atoms with van der Waals surface area (Å²) in [6, 6.07) is 15.0. The second-order valence-corrected chi connectivity index (χ2v) is 6.42. The Balaban J connectivity index is 1.56. The molecule has 0 bridgehead atoms. The average molecular weight is 353 g/mol. The monoisotopic (exact) mass is 353 g/mol. The average Bonchev–Trinajstić information content (AvgIpc) is 3.07. The largest absolute Gasteiger partial charge is 0.493 e. The maximum atomic E-state index is 12.3. The summed E-state index contributed by atoms with van der Waals surface area (Å²) >= 11 is 0. The van der Waals surface area contributed by atoms with Gasteiger partial charge in [-0.05, 0) is 48.4 Å². The number of hydrogen-bond donors (Lipinski definition) is 0. The summed E-state index contributed by atoms with van der Waals surface area (Å²) in [4.78, 5) is 25.6. The Morgan fingerprint density at radius 3 is 2.42 bits per heavy atom. The Labute approximate surface area is 153 Å². The molecule has 2 aromatic rings. The van der Waals surface area contributed by atoms with Crippen molar-refractivity contribution in [2.75, 3.05) is 25.2 Å². The highest BCUT2D eigenvalue weighted by Gasteiger charge is 2.31. The van der Waals surface area contributed by atoms with E-state index in [1.807, 2.05) is 17.0 Å². The fourth-order valence-electron chi connectivity index (χ4n) is 3.07. The maximum absolute atomic E-state index is 12.3. The topological polar surface area (TPSA) is 55.8 Å². The number of nitrogens with zero attached hydrogens (tertiary/aromatic N) is 1. The van der Waals surface area contributed by atoms with Crippen LogP contribution in [0.1, 0.15) is 29.3 Å². The molecule has 1 atom stereocenters. The molecular weight excluding hydrogens is 330 g/mol. The Morgan fingerprint density at radius 1 is 1.12 bits per heavy atom. The predicted octanol–water partition coefficient (Wildman–Crippen LogP) is 3.47. The molecule has 0 aliphatic carbocycles. The molecule has 1 fully saturated rings. The van der Waals surface area contributed by atoms with Crippen molar-refractivity contribution in [2.45, 2.75) is 19.8 Å². The summed E-state index contributed by atoms with van der Waals surface area (Å²) in [7, 11) is 1.35. The first-order chi connectivity index (χ1) is 12.6. The number of hydrogen-bond acceptors (Lipinski definition) is 4. The molecule has 3 rings (SSSR count). The summed E-state index contributed by atoms with van der Waals surface area (Å²) < 4.78 is 10.5. The first kappa shape index (κ1) is 18.0. The van der Waals surface area contributed by atoms with Crippen LogP contribution in [0.2, 0.25) is 0 Å². The first-order valence-electron chi connectivity index (χ1n) is 8.81. The number of carbonyl (C=O) groups excluding carboxylic acids is 2. The van der Waals surface area contributed by atoms with Gasteiger partial charge in [0.2, 0.25) is 5.91 Å². The molecule has 0 aromatic heterocycles. The van der Waals surface area contributed by atoms with Gasteiger partial charge in [-0.15, -0.1) is 0 Å². The molecule has 136 valence electrons. The standard InChI is InChI=1S/C21H23NO4/c1-3-15-4-8-18(9-5-15)22-13-16(12-20(22)23)14-26-19-10-6-17(7-11-19)21(24)25-2/h4-11,16H,3,12-14H2,1-2H3. The molecule has 0 spiro atoms. The third-order valence-corrected chi connectivity index (χ3v) is 4.62. The van der Waals surface area contributed by atoms with Crippen molar-refractivity contribution in [3.8, 4) is 5.75 Å². The third kappa shape index (κ3) is 4.04. The van der Waals surface area contributed by atoms with Gasteiger partial charge in [-0.2, -0.15) is 0 Å². The Kier molecular flexibility index (Phi) is 5.56. The molecule has 1 unspecified atom stereocenters. The van der Waals surface area contributed by atoms with Gasteiger partial charge in [0, 0.05) is 24.6 Å². The van der Waals surface area contributed by atoms with Crippen molar-refractivity contribution < 1.29 is 19.1 Å². The lowest BCUT2D eigenvalue weighted by Gasteiger charge is -2.17. The van der Waals surface area contributed by atoms with Crippen LogP contribution in [0.25, 0.3) is 0 Å². The highest BCUT2D eigenvalue weighted by molar-refractivity contribution is 5.95. The highest BCUT2D eigenvalue weighted by Crippen LogP contribution is 2.26. The van der Waals surface area contributed by atoms with Gasteiger partial charge < -0.3 is 14.4 Å². The van der Waals surface area contributed by atoms with E-state index in [4.69, 9.17) is 4.74 Å². The molecule has 1 aliphatic heterocycles. The van der Waals surface area contributed by atoms with Crippen molar-refractivity contribution in [2.24, 2.45) is 5.92 Å². The predicted molar refractivity (Wildman–Crippen MR) is 99.6 cm³/mol. The van der Waals surface area contributed by atoms with Gasteiger partial charge in [-0.3, -0.25) is 4.79 Å². The van der Waals surface area contributed by atoms with E-state index in [2.05, 4.69) is 23.8 Å². The van der Waals surface area contributed by atoms with E-state index in [1.165, 1.54) is 12.7 Å². The number of benzene rings is 2. The number of methoxy groups -OCH3 is 1. The molecule has 5 nitrogen and oxygen atoms in total. The maximum Gasteiger partial charge on any atom is 0.337 e. The molecule has 0 saturated carbocycles. The fraction of sp³-hybridized carbons (Fsp3) is 0.333. The minimum atomic E-state index is -0.373. The van der Waals surface area contributed by atoms with Gasteiger partial charge in [-0.25, -0.2) is 4.79 Å². The SMILES string of the molecule is CCc1ccc(N2CC(COc3ccc(C(=O)OC)cc3)CC2=O)cc1. The van der Waals surface area contributed by atoms with Crippen LogP contribution in [0.3, 0.4) is 0 Å². The quantitative estimate of drug-likeness (QED) is 0.746. The van der Waals surface area contributed by atoms with Crippen LogP contribution in [0.4, 0.5) is 5.69 Å². The van der Waals surface area contributed by atoms with E-state index in [-0.39, 0.29) is 17.8 Å². The molecule has 1 heterocycles. The van der Waals surface area contributed by atoms with Crippen LogP contribution in [-0.2, 0) is 16.0 Å². The Bertz CT molecular complexity index is 768. The highest BCUT2D eigenvalue weighted by atomic mass is 16.5. The first-order valence-corrected chi connectivity index (χ1v) is 8.81. The van der Waals surface area contributed by atoms with E-state index < -0.39 is 0 Å². The molecular formula is C21H23NO4. The minimum absolute atomic E-state index is 0.129. The zero-order valence-corrected chi connectivity index (χ0v) is 15.1. The minimum Gasteiger partial charge on any atom is -0.493 e. The van der Waals surface area contributed by atoms with Gasteiger partial charge in [0.05, 0.1) is 19.3 Å². The molecule has 0 N–H and O–H groups in total. The van der Waals surface area contributed by atoms with Gasteiger partial charge in [0.15, 0.2) is 0 Å². The van der Waals surface area contributed by atoms with E-state index in [0.29, 0.717) is 30.9 Å². The second kappa shape index (κ2) is 8.04. The number of anilines is 1. The van der Waals surface area contributed by atoms with Gasteiger partial charge in [-0.1, -0.05) is 19.1 Å². The smallest absolute Gasteiger partial charge is 0.337 e. The number of amides is 1. The summed E-state index contributed by atoms with van der Waals surface area (Å²) in [5.74, 6) is 0.580. The molecule has 0 radical (unpaired) electrons. The second-order valence-electron chi connectivity index (χ2n) is 6.42. The van der Waals surface area contributed by atoms with Crippen molar-refractivity contribution in [3.63, 3.8) is 0 Å². The number of rotatable bonds is 6. The molecule has 2 aromatic carbocycles. The number of ether oxygens (including phenoxy) is 2. The van der Waals surface area contributed by atoms with Crippen molar-refractivity contribution in [1.82, 2.24) is 0 Å². The van der Waals surface area contributed by atoms with Crippen LogP contribution < -0.4 is 9.64 Å².